The number of aliphatic hydroxyl groups is 1. The largest absolute Gasteiger partial charge is 0.449 e. The van der Waals surface area contributed by atoms with Gasteiger partial charge in [0.05, 0.1) is 6.61 Å². The van der Waals surface area contributed by atoms with E-state index in [2.05, 4.69) is 17.2 Å². The fraction of sp³-hybridized carbons (Fsp3) is 0.824. The molecule has 2 N–H and O–H groups in total. The molecule has 0 aromatic rings. The van der Waals surface area contributed by atoms with E-state index in [1.807, 2.05) is 0 Å². The van der Waals surface area contributed by atoms with Gasteiger partial charge in [0.25, 0.3) is 0 Å². The Bertz CT molecular complexity index is 367. The Morgan fingerprint density at radius 2 is 1.76 bits per heavy atom. The van der Waals surface area contributed by atoms with E-state index >= 15 is 0 Å². The maximum atomic E-state index is 11.6. The first kappa shape index (κ1) is 16.2. The van der Waals surface area contributed by atoms with Crippen LogP contribution in [-0.2, 0) is 4.74 Å². The minimum absolute atomic E-state index is 0.254. The molecule has 0 saturated heterocycles. The normalized spacial score (nSPS) is 26.6. The molecule has 0 aromatic carbocycles. The van der Waals surface area contributed by atoms with Crippen LogP contribution in [0.5, 0.6) is 0 Å². The van der Waals surface area contributed by atoms with Gasteiger partial charge in [0.2, 0.25) is 0 Å². The van der Waals surface area contributed by atoms with E-state index in [1.165, 1.54) is 0 Å². The molecule has 0 radical (unpaired) electrons. The smallest absolute Gasteiger partial charge is 0.407 e. The van der Waals surface area contributed by atoms with E-state index in [-0.39, 0.29) is 12.7 Å². The lowest BCUT2D eigenvalue weighted by Gasteiger charge is -2.06. The lowest BCUT2D eigenvalue weighted by atomic mass is 10.1. The second kappa shape index (κ2) is 8.94. The fourth-order valence-corrected chi connectivity index (χ4v) is 3.29. The molecule has 2 aliphatic rings. The first-order valence-corrected chi connectivity index (χ1v) is 8.30. The number of rotatable bonds is 8. The quantitative estimate of drug-likeness (QED) is 0.534. The molecular formula is C17H27NO3. The van der Waals surface area contributed by atoms with Gasteiger partial charge >= 0.3 is 6.09 Å². The van der Waals surface area contributed by atoms with Crippen molar-refractivity contribution in [3.8, 4) is 11.8 Å². The molecule has 1 saturated carbocycles. The number of hydrogen-bond acceptors (Lipinski definition) is 3. The molecule has 118 valence electrons. The van der Waals surface area contributed by atoms with E-state index in [4.69, 9.17) is 9.84 Å². The van der Waals surface area contributed by atoms with Gasteiger partial charge in [-0.1, -0.05) is 12.8 Å². The Labute approximate surface area is 127 Å². The van der Waals surface area contributed by atoms with Gasteiger partial charge in [-0.2, -0.15) is 0 Å². The summed E-state index contributed by atoms with van der Waals surface area (Å²) in [7, 11) is 0. The fourth-order valence-electron chi connectivity index (χ4n) is 3.29. The van der Waals surface area contributed by atoms with Crippen LogP contribution in [0.4, 0.5) is 4.79 Å². The van der Waals surface area contributed by atoms with E-state index < -0.39 is 0 Å². The van der Waals surface area contributed by atoms with Gasteiger partial charge in [-0.05, 0) is 43.4 Å². The van der Waals surface area contributed by atoms with Crippen molar-refractivity contribution in [2.24, 2.45) is 17.8 Å². The number of nitrogens with one attached hydrogen (secondary N) is 1. The van der Waals surface area contributed by atoms with Crippen molar-refractivity contribution in [3.63, 3.8) is 0 Å². The average molecular weight is 293 g/mol. The number of carbonyl (C=O) groups excluding carboxylic acids is 1. The summed E-state index contributed by atoms with van der Waals surface area (Å²) in [6, 6.07) is 0. The van der Waals surface area contributed by atoms with Gasteiger partial charge in [-0.25, -0.2) is 4.79 Å². The summed E-state index contributed by atoms with van der Waals surface area (Å²) in [6.45, 7) is 1.48. The Morgan fingerprint density at radius 1 is 1.10 bits per heavy atom. The molecule has 21 heavy (non-hydrogen) atoms. The minimum atomic E-state index is -0.285. The third-order valence-corrected chi connectivity index (χ3v) is 4.60. The van der Waals surface area contributed by atoms with E-state index in [1.54, 1.807) is 0 Å². The molecule has 2 rings (SSSR count). The summed E-state index contributed by atoms with van der Waals surface area (Å²) in [5, 5.41) is 11.5. The van der Waals surface area contributed by atoms with Crippen LogP contribution in [0, 0.1) is 29.6 Å². The number of fused-ring (bicyclic) bond motifs is 1. The maximum Gasteiger partial charge on any atom is 0.407 e. The molecule has 0 spiro atoms. The Kier molecular flexibility index (Phi) is 6.88. The number of alkyl carbamates (subject to hydrolysis) is 1. The highest BCUT2D eigenvalue weighted by Crippen LogP contribution is 2.52. The SMILES string of the molecule is O=C(NCCCCCCO)OCC1[C@H]2CCC#CCC[C@@H]12. The summed E-state index contributed by atoms with van der Waals surface area (Å²) >= 11 is 0. The van der Waals surface area contributed by atoms with Crippen LogP contribution in [0.1, 0.15) is 51.4 Å². The van der Waals surface area contributed by atoms with Crippen molar-refractivity contribution >= 4 is 6.09 Å². The molecular weight excluding hydrogens is 266 g/mol. The number of hydrogen-bond donors (Lipinski definition) is 2. The van der Waals surface area contributed by atoms with E-state index in [0.29, 0.717) is 19.1 Å². The van der Waals surface area contributed by atoms with Gasteiger partial charge in [-0.15, -0.1) is 11.8 Å². The maximum absolute atomic E-state index is 11.6. The third-order valence-electron chi connectivity index (χ3n) is 4.60. The minimum Gasteiger partial charge on any atom is -0.449 e. The number of carbonyl (C=O) groups is 1. The molecule has 3 atom stereocenters. The molecule has 0 bridgehead atoms. The zero-order valence-electron chi connectivity index (χ0n) is 12.8. The highest BCUT2D eigenvalue weighted by atomic mass is 16.5. The number of ether oxygens (including phenoxy) is 1. The standard InChI is InChI=1S/C17H27NO3/c19-12-8-4-3-7-11-18-17(20)21-13-16-14-9-5-1-2-6-10-15(14)16/h14-16,19H,3-13H2,(H,18,20)/t14-,15+,16?. The van der Waals surface area contributed by atoms with Crippen LogP contribution in [0.2, 0.25) is 0 Å². The van der Waals surface area contributed by atoms with Gasteiger partial charge < -0.3 is 15.2 Å². The summed E-state index contributed by atoms with van der Waals surface area (Å²) in [4.78, 5) is 11.6. The lowest BCUT2D eigenvalue weighted by molar-refractivity contribution is 0.137. The average Bonchev–Trinajstić information content (AvgIpc) is 3.10. The number of aliphatic hydroxyl groups excluding tert-OH is 1. The predicted molar refractivity (Wildman–Crippen MR) is 81.6 cm³/mol. The molecule has 1 unspecified atom stereocenters. The van der Waals surface area contributed by atoms with Crippen LogP contribution in [-0.4, -0.2) is 31.0 Å². The first-order valence-electron chi connectivity index (χ1n) is 8.30. The predicted octanol–water partition coefficient (Wildman–Crippen LogP) is 2.70. The van der Waals surface area contributed by atoms with Crippen LogP contribution in [0.3, 0.4) is 0 Å². The van der Waals surface area contributed by atoms with Crippen molar-refractivity contribution in [1.82, 2.24) is 5.32 Å². The van der Waals surface area contributed by atoms with Crippen molar-refractivity contribution in [2.75, 3.05) is 19.8 Å². The van der Waals surface area contributed by atoms with Crippen LogP contribution in [0.25, 0.3) is 0 Å². The molecule has 4 nitrogen and oxygen atoms in total. The monoisotopic (exact) mass is 293 g/mol. The van der Waals surface area contributed by atoms with Gasteiger partial charge in [-0.3, -0.25) is 0 Å². The zero-order valence-corrected chi connectivity index (χ0v) is 12.8. The molecule has 0 aromatic heterocycles. The van der Waals surface area contributed by atoms with Gasteiger partial charge in [0.15, 0.2) is 0 Å². The molecule has 0 aliphatic heterocycles. The Hall–Kier alpha value is -1.21. The van der Waals surface area contributed by atoms with Crippen molar-refractivity contribution < 1.29 is 14.6 Å². The second-order valence-corrected chi connectivity index (χ2v) is 6.09. The summed E-state index contributed by atoms with van der Waals surface area (Å²) < 4.78 is 5.34. The Balaban J connectivity index is 1.50. The third kappa shape index (κ3) is 5.59. The highest BCUT2D eigenvalue weighted by Gasteiger charge is 2.49. The summed E-state index contributed by atoms with van der Waals surface area (Å²) in [5.74, 6) is 8.40. The van der Waals surface area contributed by atoms with E-state index in [9.17, 15) is 4.79 Å². The van der Waals surface area contributed by atoms with Gasteiger partial charge in [0, 0.05) is 26.0 Å². The van der Waals surface area contributed by atoms with Crippen molar-refractivity contribution in [3.05, 3.63) is 0 Å². The van der Waals surface area contributed by atoms with Crippen LogP contribution in [0.15, 0.2) is 0 Å². The summed E-state index contributed by atoms with van der Waals surface area (Å²) in [5.41, 5.74) is 0. The molecule has 0 heterocycles. The number of amides is 1. The van der Waals surface area contributed by atoms with Crippen molar-refractivity contribution in [2.45, 2.75) is 51.4 Å². The molecule has 4 heteroatoms. The van der Waals surface area contributed by atoms with E-state index in [0.717, 1.165) is 63.2 Å². The topological polar surface area (TPSA) is 58.6 Å². The van der Waals surface area contributed by atoms with Crippen LogP contribution >= 0.6 is 0 Å². The molecule has 2 aliphatic carbocycles. The van der Waals surface area contributed by atoms with Gasteiger partial charge in [0.1, 0.15) is 0 Å². The zero-order chi connectivity index (χ0) is 14.9. The first-order chi connectivity index (χ1) is 10.3. The Morgan fingerprint density at radius 3 is 2.43 bits per heavy atom. The highest BCUT2D eigenvalue weighted by molar-refractivity contribution is 5.67. The second-order valence-electron chi connectivity index (χ2n) is 6.09. The molecule has 1 amide bonds. The molecule has 1 fully saturated rings. The lowest BCUT2D eigenvalue weighted by Crippen LogP contribution is -2.26. The summed E-state index contributed by atoms with van der Waals surface area (Å²) in [6.07, 6.45) is 7.88. The van der Waals surface area contributed by atoms with Crippen LogP contribution < -0.4 is 5.32 Å². The number of unbranched alkanes of at least 4 members (excludes halogenated alkanes) is 3. The van der Waals surface area contributed by atoms with Crippen molar-refractivity contribution in [1.29, 1.82) is 0 Å².